The molecule has 162 valence electrons. The van der Waals surface area contributed by atoms with Crippen LogP contribution >= 0.6 is 0 Å². The van der Waals surface area contributed by atoms with Crippen LogP contribution in [0, 0.1) is 18.8 Å². The number of allylic oxidation sites excluding steroid dienone is 4. The third kappa shape index (κ3) is 4.90. The predicted molar refractivity (Wildman–Crippen MR) is 139 cm³/mol. The average molecular weight is 427 g/mol. The van der Waals surface area contributed by atoms with Crippen molar-refractivity contribution in [2.24, 2.45) is 11.8 Å². The van der Waals surface area contributed by atoms with E-state index in [4.69, 9.17) is 0 Å². The molecule has 0 N–H and O–H groups in total. The molecule has 0 saturated carbocycles. The van der Waals surface area contributed by atoms with Crippen molar-refractivity contribution in [3.63, 3.8) is 0 Å². The van der Waals surface area contributed by atoms with E-state index < -0.39 is 16.1 Å². The van der Waals surface area contributed by atoms with Gasteiger partial charge in [0.2, 0.25) is 0 Å². The lowest BCUT2D eigenvalue weighted by Gasteiger charge is -2.43. The normalized spacial score (nSPS) is 16.8. The second-order valence-electron chi connectivity index (χ2n) is 11.7. The van der Waals surface area contributed by atoms with Gasteiger partial charge in [0.25, 0.3) is 0 Å². The third-order valence-corrected chi connectivity index (χ3v) is 15.7. The minimum atomic E-state index is -1.81. The Bertz CT molecular complexity index is 781. The second kappa shape index (κ2) is 8.71. The molecule has 1 aromatic carbocycles. The Morgan fingerprint density at radius 2 is 1.10 bits per heavy atom. The zero-order valence-corrected chi connectivity index (χ0v) is 23.4. The maximum Gasteiger partial charge on any atom is 0.0983 e. The summed E-state index contributed by atoms with van der Waals surface area (Å²) in [6.07, 6.45) is 0. The minimum absolute atomic E-state index is 0.670. The van der Waals surface area contributed by atoms with Gasteiger partial charge in [-0.3, -0.25) is 0 Å². The van der Waals surface area contributed by atoms with Crippen LogP contribution in [0.4, 0.5) is 0 Å². The van der Waals surface area contributed by atoms with E-state index in [1.807, 2.05) is 0 Å². The Morgan fingerprint density at radius 3 is 1.48 bits per heavy atom. The number of benzene rings is 1. The smallest absolute Gasteiger partial charge is 0.0656 e. The van der Waals surface area contributed by atoms with Crippen molar-refractivity contribution in [1.29, 1.82) is 0 Å². The lowest BCUT2D eigenvalue weighted by molar-refractivity contribution is 0.673. The van der Waals surface area contributed by atoms with E-state index in [0.717, 1.165) is 11.8 Å². The van der Waals surface area contributed by atoms with Crippen LogP contribution in [0.2, 0.25) is 37.3 Å². The monoisotopic (exact) mass is 426 g/mol. The molecule has 29 heavy (non-hydrogen) atoms. The van der Waals surface area contributed by atoms with E-state index in [2.05, 4.69) is 100 Å². The van der Waals surface area contributed by atoms with Crippen LogP contribution < -0.4 is 10.4 Å². The second-order valence-corrected chi connectivity index (χ2v) is 21.1. The van der Waals surface area contributed by atoms with Crippen LogP contribution in [0.3, 0.4) is 0 Å². The van der Waals surface area contributed by atoms with E-state index in [-0.39, 0.29) is 0 Å². The molecule has 0 aliphatic heterocycles. The van der Waals surface area contributed by atoms with Crippen molar-refractivity contribution in [1.82, 2.24) is 0 Å². The molecule has 2 heteroatoms. The fourth-order valence-electron chi connectivity index (χ4n) is 5.86. The summed E-state index contributed by atoms with van der Waals surface area (Å²) in [6.45, 7) is 29.2. The van der Waals surface area contributed by atoms with Crippen LogP contribution in [0.1, 0.15) is 61.0 Å². The summed E-state index contributed by atoms with van der Waals surface area (Å²) >= 11 is 0. The maximum absolute atomic E-state index is 2.68. The lowest BCUT2D eigenvalue weighted by atomic mass is 10.1. The van der Waals surface area contributed by atoms with Crippen molar-refractivity contribution in [2.75, 3.05) is 0 Å². The largest absolute Gasteiger partial charge is 0.0983 e. The van der Waals surface area contributed by atoms with E-state index in [0.29, 0.717) is 5.54 Å². The van der Waals surface area contributed by atoms with Gasteiger partial charge in [-0.05, 0) is 57.6 Å². The number of hydrogen-bond acceptors (Lipinski definition) is 0. The van der Waals surface area contributed by atoms with Crippen molar-refractivity contribution >= 4 is 26.5 Å². The highest BCUT2D eigenvalue weighted by molar-refractivity contribution is 6.95. The van der Waals surface area contributed by atoms with Crippen LogP contribution in [0.5, 0.6) is 0 Å². The van der Waals surface area contributed by atoms with E-state index >= 15 is 0 Å². The summed E-state index contributed by atoms with van der Waals surface area (Å²) in [4.78, 5) is 0. The molecule has 0 amide bonds. The zero-order chi connectivity index (χ0) is 22.3. The van der Waals surface area contributed by atoms with Gasteiger partial charge in [0, 0.05) is 5.54 Å². The van der Waals surface area contributed by atoms with Gasteiger partial charge in [-0.1, -0.05) is 105 Å². The number of aryl methyl sites for hydroxylation is 1. The van der Waals surface area contributed by atoms with E-state index in [1.165, 1.54) is 17.7 Å². The van der Waals surface area contributed by atoms with E-state index in [9.17, 15) is 0 Å². The lowest BCUT2D eigenvalue weighted by Crippen LogP contribution is -2.56. The topological polar surface area (TPSA) is 0 Å². The molecule has 0 aromatic heterocycles. The van der Waals surface area contributed by atoms with Crippen LogP contribution in [0.25, 0.3) is 0 Å². The van der Waals surface area contributed by atoms with Gasteiger partial charge in [-0.25, -0.2) is 0 Å². The third-order valence-electron chi connectivity index (χ3n) is 7.23. The molecule has 0 fully saturated rings. The van der Waals surface area contributed by atoms with Gasteiger partial charge < -0.3 is 0 Å². The van der Waals surface area contributed by atoms with Crippen molar-refractivity contribution in [3.05, 3.63) is 46.1 Å². The SMILES string of the molecule is CC1=C(C)C([Si](CC(C)C)(CC(C)C)c2cc(C)cc([Si](C)(C)C)c2)C(C)=C1C. The molecule has 0 spiro atoms. The Hall–Kier alpha value is -0.866. The molecule has 0 nitrogen and oxygen atoms in total. The molecule has 0 radical (unpaired) electrons. The summed E-state index contributed by atoms with van der Waals surface area (Å²) < 4.78 is 0. The molecule has 1 aromatic rings. The molecule has 2 rings (SSSR count). The first-order chi connectivity index (χ1) is 13.2. The quantitative estimate of drug-likeness (QED) is 0.394. The first-order valence-electron chi connectivity index (χ1n) is 11.7. The summed E-state index contributed by atoms with van der Waals surface area (Å²) in [5.41, 5.74) is 8.61. The van der Waals surface area contributed by atoms with Crippen LogP contribution in [-0.2, 0) is 0 Å². The summed E-state index contributed by atoms with van der Waals surface area (Å²) in [6, 6.07) is 10.5. The number of hydrogen-bond donors (Lipinski definition) is 0. The highest BCUT2D eigenvalue weighted by atomic mass is 28.3. The van der Waals surface area contributed by atoms with Crippen molar-refractivity contribution in [2.45, 2.75) is 99.6 Å². The molecule has 0 saturated heterocycles. The molecule has 0 atom stereocenters. The summed E-state index contributed by atoms with van der Waals surface area (Å²) in [5, 5.41) is 3.38. The molecular formula is C27H46Si2. The first kappa shape index (κ1) is 24.4. The highest BCUT2D eigenvalue weighted by Crippen LogP contribution is 2.50. The standard InChI is InChI=1S/C27H46Si2/c1-18(2)16-29(17-19(3)4,27-23(8)21(6)22(7)24(27)9)26-14-20(5)13-25(15-26)28(10,11)12/h13-15,18-19,27H,16-17H2,1-12H3. The highest BCUT2D eigenvalue weighted by Gasteiger charge is 2.47. The Labute approximate surface area is 183 Å². The predicted octanol–water partition coefficient (Wildman–Crippen LogP) is 7.56. The van der Waals surface area contributed by atoms with Crippen molar-refractivity contribution < 1.29 is 0 Å². The Kier molecular flexibility index (Phi) is 7.33. The van der Waals surface area contributed by atoms with Gasteiger partial charge in [0.1, 0.15) is 0 Å². The molecule has 0 unspecified atom stereocenters. The van der Waals surface area contributed by atoms with Gasteiger partial charge >= 0.3 is 0 Å². The minimum Gasteiger partial charge on any atom is -0.0656 e. The van der Waals surface area contributed by atoms with Crippen LogP contribution in [0.15, 0.2) is 40.5 Å². The molecule has 0 heterocycles. The Balaban J connectivity index is 2.87. The van der Waals surface area contributed by atoms with Crippen molar-refractivity contribution in [3.8, 4) is 0 Å². The molecular weight excluding hydrogens is 380 g/mol. The molecule has 1 aliphatic carbocycles. The summed E-state index contributed by atoms with van der Waals surface area (Å²) in [5.74, 6) is 1.47. The van der Waals surface area contributed by atoms with Gasteiger partial charge in [-0.2, -0.15) is 0 Å². The Morgan fingerprint density at radius 1 is 0.690 bits per heavy atom. The summed E-state index contributed by atoms with van der Waals surface area (Å²) in [7, 11) is -3.17. The zero-order valence-electron chi connectivity index (χ0n) is 21.4. The fraction of sp³-hybridized carbons (Fsp3) is 0.630. The first-order valence-corrected chi connectivity index (χ1v) is 17.7. The number of rotatable bonds is 7. The van der Waals surface area contributed by atoms with E-state index in [1.54, 1.807) is 32.7 Å². The molecule has 1 aliphatic rings. The average Bonchev–Trinajstić information content (AvgIpc) is 2.75. The van der Waals surface area contributed by atoms with Crippen LogP contribution in [-0.4, -0.2) is 16.1 Å². The van der Waals surface area contributed by atoms with Gasteiger partial charge in [-0.15, -0.1) is 0 Å². The van der Waals surface area contributed by atoms with Gasteiger partial charge in [0.15, 0.2) is 0 Å². The maximum atomic E-state index is 2.68. The fourth-order valence-corrected chi connectivity index (χ4v) is 14.7. The molecule has 0 bridgehead atoms. The van der Waals surface area contributed by atoms with Gasteiger partial charge in [0.05, 0.1) is 16.1 Å².